The Labute approximate surface area is 136 Å². The molecule has 0 radical (unpaired) electrons. The zero-order valence-electron chi connectivity index (χ0n) is 12.9. The number of sulfone groups is 1. The van der Waals surface area contributed by atoms with Gasteiger partial charge in [0.15, 0.2) is 16.4 Å². The maximum absolute atomic E-state index is 12.1. The van der Waals surface area contributed by atoms with E-state index in [2.05, 4.69) is 13.2 Å². The van der Waals surface area contributed by atoms with Crippen molar-refractivity contribution in [3.63, 3.8) is 0 Å². The first-order valence-electron chi connectivity index (χ1n) is 6.77. The van der Waals surface area contributed by atoms with Crippen LogP contribution in [-0.2, 0) is 19.4 Å². The summed E-state index contributed by atoms with van der Waals surface area (Å²) < 4.78 is 28.3. The molecule has 0 heterocycles. The van der Waals surface area contributed by atoms with Crippen LogP contribution in [0.15, 0.2) is 54.5 Å². The summed E-state index contributed by atoms with van der Waals surface area (Å²) in [7, 11) is -3.57. The van der Waals surface area contributed by atoms with E-state index >= 15 is 0 Å². The Balaban J connectivity index is 2.84. The van der Waals surface area contributed by atoms with Gasteiger partial charge in [0.2, 0.25) is 0 Å². The molecule has 0 bridgehead atoms. The lowest BCUT2D eigenvalue weighted by Crippen LogP contribution is -2.35. The second-order valence-electron chi connectivity index (χ2n) is 4.72. The fraction of sp³-hybridized carbons (Fsp3) is 0.250. The molecule has 0 spiro atoms. The minimum Gasteiger partial charge on any atom is -0.452 e. The van der Waals surface area contributed by atoms with Gasteiger partial charge in [0.1, 0.15) is 0 Å². The van der Waals surface area contributed by atoms with Gasteiger partial charge >= 0.3 is 5.97 Å². The van der Waals surface area contributed by atoms with Crippen LogP contribution in [-0.4, -0.2) is 51.1 Å². The van der Waals surface area contributed by atoms with Crippen molar-refractivity contribution in [2.75, 3.05) is 26.0 Å². The molecule has 23 heavy (non-hydrogen) atoms. The predicted molar refractivity (Wildman–Crippen MR) is 86.8 cm³/mol. The summed E-state index contributed by atoms with van der Waals surface area (Å²) in [6.07, 6.45) is 4.09. The van der Waals surface area contributed by atoms with Crippen molar-refractivity contribution >= 4 is 21.7 Å². The van der Waals surface area contributed by atoms with Gasteiger partial charge in [-0.25, -0.2) is 13.2 Å². The molecule has 7 heteroatoms. The van der Waals surface area contributed by atoms with Gasteiger partial charge < -0.3 is 9.64 Å². The van der Waals surface area contributed by atoms with Gasteiger partial charge in [-0.15, -0.1) is 13.2 Å². The number of benzene rings is 1. The number of carbonyl (C=O) groups excluding carboxylic acids is 2. The van der Waals surface area contributed by atoms with Crippen LogP contribution in [0.2, 0.25) is 0 Å². The first-order valence-corrected chi connectivity index (χ1v) is 8.66. The molecular formula is C16H19NO5S. The third-order valence-corrected chi connectivity index (χ3v) is 4.04. The lowest BCUT2D eigenvalue weighted by atomic mass is 10.2. The Kier molecular flexibility index (Phi) is 6.71. The molecule has 0 saturated heterocycles. The van der Waals surface area contributed by atoms with Crippen LogP contribution in [0.4, 0.5) is 0 Å². The van der Waals surface area contributed by atoms with Gasteiger partial charge in [0, 0.05) is 19.3 Å². The normalized spacial score (nSPS) is 10.7. The molecule has 6 nitrogen and oxygen atoms in total. The predicted octanol–water partition coefficient (Wildman–Crippen LogP) is 1.45. The van der Waals surface area contributed by atoms with E-state index in [1.165, 1.54) is 29.2 Å². The quantitative estimate of drug-likeness (QED) is 0.530. The van der Waals surface area contributed by atoms with Gasteiger partial charge in [-0.2, -0.15) is 0 Å². The molecule has 0 fully saturated rings. The monoisotopic (exact) mass is 337 g/mol. The van der Waals surface area contributed by atoms with Gasteiger partial charge in [0.25, 0.3) is 5.91 Å². The van der Waals surface area contributed by atoms with E-state index in [1.54, 1.807) is 12.2 Å². The van der Waals surface area contributed by atoms with E-state index in [-0.39, 0.29) is 10.5 Å². The minimum absolute atomic E-state index is 0.0956. The average molecular weight is 337 g/mol. The Bertz CT molecular complexity index is 699. The zero-order chi connectivity index (χ0) is 17.5. The fourth-order valence-corrected chi connectivity index (χ4v) is 2.72. The molecule has 0 atom stereocenters. The Hall–Kier alpha value is -2.41. The van der Waals surface area contributed by atoms with Gasteiger partial charge in [-0.05, 0) is 12.1 Å². The van der Waals surface area contributed by atoms with E-state index in [0.29, 0.717) is 13.1 Å². The Morgan fingerprint density at radius 2 is 1.74 bits per heavy atom. The van der Waals surface area contributed by atoms with Crippen molar-refractivity contribution in [1.29, 1.82) is 0 Å². The molecule has 1 rings (SSSR count). The summed E-state index contributed by atoms with van der Waals surface area (Å²) in [5.41, 5.74) is -0.0956. The Morgan fingerprint density at radius 3 is 2.26 bits per heavy atom. The molecule has 124 valence electrons. The SMILES string of the molecule is C=CCN(CC=C)C(=O)COC(=O)c1ccccc1S(C)(=O)=O. The van der Waals surface area contributed by atoms with Crippen molar-refractivity contribution < 1.29 is 22.7 Å². The molecule has 0 aliphatic rings. The summed E-state index contributed by atoms with van der Waals surface area (Å²) >= 11 is 0. The van der Waals surface area contributed by atoms with Crippen LogP contribution in [0.3, 0.4) is 0 Å². The topological polar surface area (TPSA) is 80.8 Å². The van der Waals surface area contributed by atoms with E-state index in [9.17, 15) is 18.0 Å². The van der Waals surface area contributed by atoms with Crippen molar-refractivity contribution in [3.05, 3.63) is 55.1 Å². The lowest BCUT2D eigenvalue weighted by Gasteiger charge is -2.19. The second kappa shape index (κ2) is 8.28. The van der Waals surface area contributed by atoms with Gasteiger partial charge in [0.05, 0.1) is 10.5 Å². The molecule has 0 unspecified atom stereocenters. The van der Waals surface area contributed by atoms with Crippen LogP contribution in [0.5, 0.6) is 0 Å². The van der Waals surface area contributed by atoms with Gasteiger partial charge in [-0.1, -0.05) is 24.3 Å². The number of esters is 1. The fourth-order valence-electron chi connectivity index (χ4n) is 1.84. The molecule has 0 aliphatic heterocycles. The molecular weight excluding hydrogens is 318 g/mol. The van der Waals surface area contributed by atoms with Crippen LogP contribution in [0.25, 0.3) is 0 Å². The maximum atomic E-state index is 12.1. The summed E-state index contributed by atoms with van der Waals surface area (Å²) in [6, 6.07) is 5.69. The van der Waals surface area contributed by atoms with Crippen LogP contribution >= 0.6 is 0 Å². The van der Waals surface area contributed by atoms with Crippen molar-refractivity contribution in [3.8, 4) is 0 Å². The number of hydrogen-bond donors (Lipinski definition) is 0. The van der Waals surface area contributed by atoms with Crippen LogP contribution in [0.1, 0.15) is 10.4 Å². The van der Waals surface area contributed by atoms with Crippen molar-refractivity contribution in [2.45, 2.75) is 4.90 Å². The van der Waals surface area contributed by atoms with Crippen molar-refractivity contribution in [2.24, 2.45) is 0 Å². The maximum Gasteiger partial charge on any atom is 0.339 e. The van der Waals surface area contributed by atoms with Crippen molar-refractivity contribution in [1.82, 2.24) is 4.90 Å². The second-order valence-corrected chi connectivity index (χ2v) is 6.70. The largest absolute Gasteiger partial charge is 0.452 e. The highest BCUT2D eigenvalue weighted by atomic mass is 32.2. The number of amides is 1. The smallest absolute Gasteiger partial charge is 0.339 e. The third kappa shape index (κ3) is 5.37. The summed E-state index contributed by atoms with van der Waals surface area (Å²) in [5.74, 6) is -1.29. The van der Waals surface area contributed by atoms with E-state index < -0.39 is 28.3 Å². The number of rotatable bonds is 8. The van der Waals surface area contributed by atoms with Crippen LogP contribution in [0, 0.1) is 0 Å². The van der Waals surface area contributed by atoms with E-state index in [1.807, 2.05) is 0 Å². The first kappa shape index (κ1) is 18.6. The summed E-state index contributed by atoms with van der Waals surface area (Å²) in [5, 5.41) is 0. The molecule has 1 aromatic carbocycles. The molecule has 0 saturated carbocycles. The van der Waals surface area contributed by atoms with Crippen LogP contribution < -0.4 is 0 Å². The van der Waals surface area contributed by atoms with E-state index in [0.717, 1.165) is 6.26 Å². The van der Waals surface area contributed by atoms with Gasteiger partial charge in [-0.3, -0.25) is 4.79 Å². The standard InChI is InChI=1S/C16H19NO5S/c1-4-10-17(11-5-2)15(18)12-22-16(19)13-8-6-7-9-14(13)23(3,20)21/h4-9H,1-2,10-12H2,3H3. The number of carbonyl (C=O) groups is 2. The number of ether oxygens (including phenoxy) is 1. The zero-order valence-corrected chi connectivity index (χ0v) is 13.7. The average Bonchev–Trinajstić information content (AvgIpc) is 2.51. The molecule has 0 aliphatic carbocycles. The summed E-state index contributed by atoms with van der Waals surface area (Å²) in [4.78, 5) is 25.3. The highest BCUT2D eigenvalue weighted by Crippen LogP contribution is 2.16. The third-order valence-electron chi connectivity index (χ3n) is 2.88. The molecule has 1 amide bonds. The highest BCUT2D eigenvalue weighted by Gasteiger charge is 2.21. The minimum atomic E-state index is -3.57. The molecule has 0 N–H and O–H groups in total. The number of hydrogen-bond acceptors (Lipinski definition) is 5. The number of nitrogens with zero attached hydrogens (tertiary/aromatic N) is 1. The first-order chi connectivity index (χ1) is 10.8. The molecule has 1 aromatic rings. The Morgan fingerprint density at radius 1 is 1.17 bits per heavy atom. The summed E-state index contributed by atoms with van der Waals surface area (Å²) in [6.45, 7) is 7.19. The molecule has 0 aromatic heterocycles. The lowest BCUT2D eigenvalue weighted by molar-refractivity contribution is -0.133. The van der Waals surface area contributed by atoms with E-state index in [4.69, 9.17) is 4.74 Å². The highest BCUT2D eigenvalue weighted by molar-refractivity contribution is 7.90.